The summed E-state index contributed by atoms with van der Waals surface area (Å²) in [4.78, 5) is 11.4. The van der Waals surface area contributed by atoms with Gasteiger partial charge in [0.25, 0.3) is 0 Å². The zero-order valence-corrected chi connectivity index (χ0v) is 17.5. The lowest BCUT2D eigenvalue weighted by atomic mass is 9.88. The number of unbranched alkanes of at least 4 members (excludes halogenated alkanes) is 3. The van der Waals surface area contributed by atoms with Crippen LogP contribution in [0, 0.1) is 0 Å². The van der Waals surface area contributed by atoms with Crippen LogP contribution in [0.25, 0.3) is 0 Å². The van der Waals surface area contributed by atoms with Crippen LogP contribution < -0.4 is 4.74 Å². The third-order valence-corrected chi connectivity index (χ3v) is 6.87. The molecular formula is C20H31NO5S. The predicted molar refractivity (Wildman–Crippen MR) is 106 cm³/mol. The van der Waals surface area contributed by atoms with Crippen LogP contribution in [0.1, 0.15) is 81.8 Å². The number of nitrogens with zero attached hydrogens (tertiary/aromatic N) is 1. The molecule has 6 nitrogen and oxygen atoms in total. The molecule has 152 valence electrons. The molecule has 1 aromatic rings. The molecule has 0 saturated heterocycles. The molecule has 27 heavy (non-hydrogen) atoms. The molecule has 1 N–H and O–H groups in total. The van der Waals surface area contributed by atoms with Crippen molar-refractivity contribution in [2.24, 2.45) is 0 Å². The van der Waals surface area contributed by atoms with E-state index in [-0.39, 0.29) is 11.3 Å². The van der Waals surface area contributed by atoms with Crippen molar-refractivity contribution in [3.05, 3.63) is 29.3 Å². The van der Waals surface area contributed by atoms with Crippen molar-refractivity contribution in [2.45, 2.75) is 71.4 Å². The molecule has 0 spiro atoms. The number of carbonyl (C=O) groups is 1. The second kappa shape index (κ2) is 8.61. The second-order valence-corrected chi connectivity index (χ2v) is 9.92. The van der Waals surface area contributed by atoms with E-state index in [1.807, 2.05) is 13.8 Å². The molecule has 1 aromatic carbocycles. The minimum atomic E-state index is -3.44. The monoisotopic (exact) mass is 397 g/mol. The second-order valence-electron chi connectivity index (χ2n) is 7.71. The first-order valence-corrected chi connectivity index (χ1v) is 11.3. The van der Waals surface area contributed by atoms with Gasteiger partial charge in [0, 0.05) is 18.5 Å². The number of sulfonamides is 1. The van der Waals surface area contributed by atoms with Crippen molar-refractivity contribution in [3.63, 3.8) is 0 Å². The van der Waals surface area contributed by atoms with E-state index in [2.05, 4.69) is 6.92 Å². The fourth-order valence-electron chi connectivity index (χ4n) is 3.56. The lowest BCUT2D eigenvalue weighted by Gasteiger charge is -2.42. The molecular weight excluding hydrogens is 366 g/mol. The summed E-state index contributed by atoms with van der Waals surface area (Å²) in [6.07, 6.45) is 4.39. The Hall–Kier alpha value is -1.60. The summed E-state index contributed by atoms with van der Waals surface area (Å²) >= 11 is 0. The lowest BCUT2D eigenvalue weighted by molar-refractivity contribution is 0.0499. The maximum atomic E-state index is 12.9. The van der Waals surface area contributed by atoms with Crippen LogP contribution in [-0.2, 0) is 10.0 Å². The average Bonchev–Trinajstić information content (AvgIpc) is 2.59. The van der Waals surface area contributed by atoms with Crippen LogP contribution in [0.2, 0.25) is 0 Å². The molecule has 0 aliphatic carbocycles. The van der Waals surface area contributed by atoms with E-state index >= 15 is 0 Å². The van der Waals surface area contributed by atoms with E-state index in [0.717, 1.165) is 25.7 Å². The highest BCUT2D eigenvalue weighted by Crippen LogP contribution is 2.44. The lowest BCUT2D eigenvalue weighted by Crippen LogP contribution is -2.44. The Morgan fingerprint density at radius 3 is 2.56 bits per heavy atom. The Labute approximate surface area is 162 Å². The van der Waals surface area contributed by atoms with Crippen LogP contribution in [0.4, 0.5) is 0 Å². The molecule has 0 aromatic heterocycles. The first-order chi connectivity index (χ1) is 12.6. The molecule has 0 saturated carbocycles. The molecule has 1 unspecified atom stereocenters. The van der Waals surface area contributed by atoms with E-state index in [1.165, 1.54) is 6.07 Å². The first-order valence-electron chi connectivity index (χ1n) is 9.67. The van der Waals surface area contributed by atoms with Crippen molar-refractivity contribution in [1.29, 1.82) is 0 Å². The standard InChI is InChI=1S/C20H31NO5S/c1-5-7-8-9-12-21(27(24,25)6-2)17-14-20(3,4)26-18-11-10-15(19(22)23)13-16(17)18/h10-11,13,17H,5-9,12,14H2,1-4H3,(H,22,23). The minimum absolute atomic E-state index is 0.0204. The summed E-state index contributed by atoms with van der Waals surface area (Å²) in [6, 6.07) is 4.27. The topological polar surface area (TPSA) is 83.9 Å². The fraction of sp³-hybridized carbons (Fsp3) is 0.650. The van der Waals surface area contributed by atoms with E-state index in [1.54, 1.807) is 23.4 Å². The first kappa shape index (κ1) is 21.7. The van der Waals surface area contributed by atoms with Crippen molar-refractivity contribution in [1.82, 2.24) is 4.31 Å². The van der Waals surface area contributed by atoms with Gasteiger partial charge in [0.1, 0.15) is 11.4 Å². The van der Waals surface area contributed by atoms with Crippen LogP contribution >= 0.6 is 0 Å². The Bertz CT molecular complexity index is 773. The number of aromatic carboxylic acids is 1. The molecule has 1 heterocycles. The van der Waals surface area contributed by atoms with Crippen molar-refractivity contribution >= 4 is 16.0 Å². The van der Waals surface area contributed by atoms with Crippen molar-refractivity contribution < 1.29 is 23.1 Å². The number of fused-ring (bicyclic) bond motifs is 1. The van der Waals surface area contributed by atoms with Gasteiger partial charge in [-0.3, -0.25) is 0 Å². The van der Waals surface area contributed by atoms with Crippen molar-refractivity contribution in [2.75, 3.05) is 12.3 Å². The highest BCUT2D eigenvalue weighted by atomic mass is 32.2. The van der Waals surface area contributed by atoms with E-state index in [4.69, 9.17) is 4.74 Å². The Balaban J connectivity index is 2.47. The number of rotatable bonds is 9. The third kappa shape index (κ3) is 5.23. The average molecular weight is 398 g/mol. The highest BCUT2D eigenvalue weighted by molar-refractivity contribution is 7.89. The number of hydrogen-bond donors (Lipinski definition) is 1. The maximum absolute atomic E-state index is 12.9. The normalized spacial score (nSPS) is 18.8. The smallest absolute Gasteiger partial charge is 0.335 e. The van der Waals surface area contributed by atoms with Gasteiger partial charge in [0.15, 0.2) is 0 Å². The van der Waals surface area contributed by atoms with Gasteiger partial charge in [-0.25, -0.2) is 13.2 Å². The van der Waals surface area contributed by atoms with Crippen LogP contribution in [0.3, 0.4) is 0 Å². The summed E-state index contributed by atoms with van der Waals surface area (Å²) < 4.78 is 33.3. The third-order valence-electron chi connectivity index (χ3n) is 4.99. The van der Waals surface area contributed by atoms with Gasteiger partial charge in [-0.05, 0) is 45.4 Å². The maximum Gasteiger partial charge on any atom is 0.335 e. The summed E-state index contributed by atoms with van der Waals surface area (Å²) in [5, 5.41) is 9.35. The zero-order valence-electron chi connectivity index (χ0n) is 16.7. The molecule has 0 fully saturated rings. The number of carboxylic acid groups (broad SMARTS) is 1. The molecule has 2 rings (SSSR count). The van der Waals surface area contributed by atoms with Gasteiger partial charge in [-0.2, -0.15) is 4.31 Å². The highest BCUT2D eigenvalue weighted by Gasteiger charge is 2.40. The Morgan fingerprint density at radius 1 is 1.26 bits per heavy atom. The number of ether oxygens (including phenoxy) is 1. The summed E-state index contributed by atoms with van der Waals surface area (Å²) in [5.41, 5.74) is 0.247. The molecule has 1 atom stereocenters. The fourth-order valence-corrected chi connectivity index (χ4v) is 4.87. The zero-order chi connectivity index (χ0) is 20.2. The number of carboxylic acids is 1. The molecule has 1 aliphatic heterocycles. The van der Waals surface area contributed by atoms with Crippen LogP contribution in [0.5, 0.6) is 5.75 Å². The van der Waals surface area contributed by atoms with Crippen LogP contribution in [0.15, 0.2) is 18.2 Å². The SMILES string of the molecule is CCCCCCN(C1CC(C)(C)Oc2ccc(C(=O)O)cc21)S(=O)(=O)CC. The van der Waals surface area contributed by atoms with Crippen molar-refractivity contribution in [3.8, 4) is 5.75 Å². The Morgan fingerprint density at radius 2 is 1.96 bits per heavy atom. The van der Waals surface area contributed by atoms with E-state index < -0.39 is 27.6 Å². The van der Waals surface area contributed by atoms with Gasteiger partial charge < -0.3 is 9.84 Å². The number of benzene rings is 1. The summed E-state index contributed by atoms with van der Waals surface area (Å²) in [7, 11) is -3.44. The minimum Gasteiger partial charge on any atom is -0.487 e. The molecule has 1 aliphatic rings. The molecule has 0 bridgehead atoms. The van der Waals surface area contributed by atoms with E-state index in [0.29, 0.717) is 24.3 Å². The molecule has 0 amide bonds. The van der Waals surface area contributed by atoms with Gasteiger partial charge in [0.2, 0.25) is 10.0 Å². The summed E-state index contributed by atoms with van der Waals surface area (Å²) in [5.74, 6) is -0.452. The number of hydrogen-bond acceptors (Lipinski definition) is 4. The van der Waals surface area contributed by atoms with E-state index in [9.17, 15) is 18.3 Å². The van der Waals surface area contributed by atoms with Crippen LogP contribution in [-0.4, -0.2) is 41.7 Å². The predicted octanol–water partition coefficient (Wildman–Crippen LogP) is 4.22. The Kier molecular flexibility index (Phi) is 6.92. The molecule has 0 radical (unpaired) electrons. The quantitative estimate of drug-likeness (QED) is 0.631. The van der Waals surface area contributed by atoms with Gasteiger partial charge in [-0.1, -0.05) is 26.2 Å². The van der Waals surface area contributed by atoms with Gasteiger partial charge in [-0.15, -0.1) is 0 Å². The summed E-state index contributed by atoms with van der Waals surface area (Å²) in [6.45, 7) is 8.07. The molecule has 7 heteroatoms. The largest absolute Gasteiger partial charge is 0.487 e. The van der Waals surface area contributed by atoms with Gasteiger partial charge in [0.05, 0.1) is 17.4 Å². The van der Waals surface area contributed by atoms with Gasteiger partial charge >= 0.3 is 5.97 Å².